The standard InChI is InChI=1S/C29H33N3O3/c1-5-32(18-26(33)30-19(2)3)29(34)27-23-10-6-7-12-25(23)31-28-21(9-8-11-24(27)28)17-20-13-15-22(35-4)16-14-20/h6-7,10,12-17,19H,5,8-9,11,18H2,1-4H3,(H,30,33)/b21-17-. The van der Waals surface area contributed by atoms with Crippen molar-refractivity contribution in [2.45, 2.75) is 46.1 Å². The number of amides is 2. The Morgan fingerprint density at radius 2 is 1.86 bits per heavy atom. The zero-order valence-electron chi connectivity index (χ0n) is 20.9. The zero-order chi connectivity index (χ0) is 24.9. The van der Waals surface area contributed by atoms with E-state index in [4.69, 9.17) is 9.72 Å². The van der Waals surface area contributed by atoms with Gasteiger partial charge in [0.2, 0.25) is 5.91 Å². The van der Waals surface area contributed by atoms with Crippen LogP contribution in [0.5, 0.6) is 5.75 Å². The van der Waals surface area contributed by atoms with Crippen LogP contribution in [0.2, 0.25) is 0 Å². The first kappa shape index (κ1) is 24.5. The average Bonchev–Trinajstić information content (AvgIpc) is 2.86. The lowest BCUT2D eigenvalue weighted by Crippen LogP contribution is -2.43. The number of hydrogen-bond donors (Lipinski definition) is 1. The Morgan fingerprint density at radius 3 is 2.54 bits per heavy atom. The van der Waals surface area contributed by atoms with Gasteiger partial charge < -0.3 is 15.0 Å². The summed E-state index contributed by atoms with van der Waals surface area (Å²) < 4.78 is 5.28. The number of para-hydroxylation sites is 1. The number of fused-ring (bicyclic) bond motifs is 2. The average molecular weight is 472 g/mol. The Kier molecular flexibility index (Phi) is 7.49. The van der Waals surface area contributed by atoms with Gasteiger partial charge in [0, 0.05) is 18.0 Å². The molecule has 0 spiro atoms. The van der Waals surface area contributed by atoms with Crippen LogP contribution >= 0.6 is 0 Å². The van der Waals surface area contributed by atoms with Crippen LogP contribution < -0.4 is 10.1 Å². The maximum Gasteiger partial charge on any atom is 0.255 e. The number of likely N-dealkylation sites (N-methyl/N-ethyl adjacent to an activating group) is 1. The van der Waals surface area contributed by atoms with E-state index in [0.717, 1.165) is 58.3 Å². The fourth-order valence-corrected chi connectivity index (χ4v) is 4.65. The smallest absolute Gasteiger partial charge is 0.255 e. The Labute approximate surface area is 207 Å². The van der Waals surface area contributed by atoms with E-state index in [1.54, 1.807) is 12.0 Å². The molecule has 1 aliphatic rings. The van der Waals surface area contributed by atoms with Crippen molar-refractivity contribution in [1.29, 1.82) is 0 Å². The topological polar surface area (TPSA) is 71.5 Å². The third-order valence-corrected chi connectivity index (χ3v) is 6.29. The number of nitrogens with zero attached hydrogens (tertiary/aromatic N) is 2. The van der Waals surface area contributed by atoms with Crippen LogP contribution in [0, 0.1) is 0 Å². The van der Waals surface area contributed by atoms with E-state index in [1.165, 1.54) is 0 Å². The Hall–Kier alpha value is -3.67. The molecule has 2 aromatic carbocycles. The van der Waals surface area contributed by atoms with Gasteiger partial charge in [-0.3, -0.25) is 9.59 Å². The molecule has 35 heavy (non-hydrogen) atoms. The van der Waals surface area contributed by atoms with Crippen molar-refractivity contribution < 1.29 is 14.3 Å². The lowest BCUT2D eigenvalue weighted by molar-refractivity contribution is -0.122. The van der Waals surface area contributed by atoms with Crippen LogP contribution in [0.4, 0.5) is 0 Å². The molecule has 182 valence electrons. The van der Waals surface area contributed by atoms with Crippen molar-refractivity contribution >= 4 is 34.4 Å². The van der Waals surface area contributed by atoms with Crippen LogP contribution in [-0.2, 0) is 11.2 Å². The van der Waals surface area contributed by atoms with Crippen LogP contribution in [0.15, 0.2) is 48.5 Å². The molecule has 4 rings (SSSR count). The van der Waals surface area contributed by atoms with E-state index in [1.807, 2.05) is 69.3 Å². The number of nitrogens with one attached hydrogen (secondary N) is 1. The number of methoxy groups -OCH3 is 1. The van der Waals surface area contributed by atoms with Crippen molar-refractivity contribution in [1.82, 2.24) is 15.2 Å². The third-order valence-electron chi connectivity index (χ3n) is 6.29. The molecule has 1 N–H and O–H groups in total. The molecular weight excluding hydrogens is 438 g/mol. The normalized spacial score (nSPS) is 14.1. The number of hydrogen-bond acceptors (Lipinski definition) is 4. The summed E-state index contributed by atoms with van der Waals surface area (Å²) in [5.74, 6) is 0.545. The van der Waals surface area contributed by atoms with Gasteiger partial charge in [0.25, 0.3) is 5.91 Å². The molecule has 0 fully saturated rings. The highest BCUT2D eigenvalue weighted by atomic mass is 16.5. The highest BCUT2D eigenvalue weighted by Crippen LogP contribution is 2.36. The van der Waals surface area contributed by atoms with Gasteiger partial charge in [-0.1, -0.05) is 30.3 Å². The molecule has 0 radical (unpaired) electrons. The van der Waals surface area contributed by atoms with E-state index < -0.39 is 0 Å². The molecule has 1 aromatic heterocycles. The second kappa shape index (κ2) is 10.7. The molecular formula is C29H33N3O3. The highest BCUT2D eigenvalue weighted by molar-refractivity contribution is 6.09. The quantitative estimate of drug-likeness (QED) is 0.520. The second-order valence-corrected chi connectivity index (χ2v) is 9.17. The number of aromatic nitrogens is 1. The highest BCUT2D eigenvalue weighted by Gasteiger charge is 2.28. The lowest BCUT2D eigenvalue weighted by Gasteiger charge is -2.27. The van der Waals surface area contributed by atoms with Gasteiger partial charge >= 0.3 is 0 Å². The van der Waals surface area contributed by atoms with Gasteiger partial charge in [-0.15, -0.1) is 0 Å². The third kappa shape index (κ3) is 5.37. The largest absolute Gasteiger partial charge is 0.497 e. The van der Waals surface area contributed by atoms with E-state index >= 15 is 0 Å². The Morgan fingerprint density at radius 1 is 1.11 bits per heavy atom. The van der Waals surface area contributed by atoms with Gasteiger partial charge in [0.05, 0.1) is 30.4 Å². The molecule has 3 aromatic rings. The summed E-state index contributed by atoms with van der Waals surface area (Å²) in [6.07, 6.45) is 4.77. The molecule has 1 aliphatic carbocycles. The first-order valence-corrected chi connectivity index (χ1v) is 12.3. The summed E-state index contributed by atoms with van der Waals surface area (Å²) in [7, 11) is 1.66. The number of ether oxygens (including phenoxy) is 1. The summed E-state index contributed by atoms with van der Waals surface area (Å²) >= 11 is 0. The van der Waals surface area contributed by atoms with Crippen LogP contribution in [-0.4, -0.2) is 47.9 Å². The number of benzene rings is 2. The summed E-state index contributed by atoms with van der Waals surface area (Å²) in [6.45, 7) is 6.22. The second-order valence-electron chi connectivity index (χ2n) is 9.17. The van der Waals surface area contributed by atoms with E-state index in [0.29, 0.717) is 12.1 Å². The van der Waals surface area contributed by atoms with E-state index in [-0.39, 0.29) is 24.4 Å². The molecule has 6 heteroatoms. The fraction of sp³-hybridized carbons (Fsp3) is 0.345. The minimum absolute atomic E-state index is 0.0245. The molecule has 0 saturated carbocycles. The maximum atomic E-state index is 13.9. The molecule has 0 saturated heterocycles. The predicted molar refractivity (Wildman–Crippen MR) is 140 cm³/mol. The Bertz CT molecular complexity index is 1260. The summed E-state index contributed by atoms with van der Waals surface area (Å²) in [5.41, 5.74) is 5.51. The van der Waals surface area contributed by atoms with Gasteiger partial charge in [-0.25, -0.2) is 4.98 Å². The summed E-state index contributed by atoms with van der Waals surface area (Å²) in [5, 5.41) is 3.73. The molecule has 2 amide bonds. The lowest BCUT2D eigenvalue weighted by atomic mass is 9.85. The van der Waals surface area contributed by atoms with Crippen molar-refractivity contribution in [3.05, 3.63) is 70.9 Å². The van der Waals surface area contributed by atoms with E-state index in [9.17, 15) is 9.59 Å². The van der Waals surface area contributed by atoms with Gasteiger partial charge in [0.1, 0.15) is 5.75 Å². The monoisotopic (exact) mass is 471 g/mol. The maximum absolute atomic E-state index is 13.9. The van der Waals surface area contributed by atoms with Crippen molar-refractivity contribution in [2.75, 3.05) is 20.2 Å². The molecule has 1 heterocycles. The molecule has 0 atom stereocenters. The van der Waals surface area contributed by atoms with Crippen LogP contribution in [0.1, 0.15) is 60.8 Å². The number of allylic oxidation sites excluding steroid dienone is 1. The minimum Gasteiger partial charge on any atom is -0.497 e. The predicted octanol–water partition coefficient (Wildman–Crippen LogP) is 5.11. The van der Waals surface area contributed by atoms with Crippen LogP contribution in [0.25, 0.3) is 22.6 Å². The van der Waals surface area contributed by atoms with Crippen LogP contribution in [0.3, 0.4) is 0 Å². The van der Waals surface area contributed by atoms with Crippen molar-refractivity contribution in [3.63, 3.8) is 0 Å². The minimum atomic E-state index is -0.150. The van der Waals surface area contributed by atoms with Crippen molar-refractivity contribution in [3.8, 4) is 5.75 Å². The first-order valence-electron chi connectivity index (χ1n) is 12.3. The number of pyridine rings is 1. The zero-order valence-corrected chi connectivity index (χ0v) is 20.9. The van der Waals surface area contributed by atoms with Crippen molar-refractivity contribution in [2.24, 2.45) is 0 Å². The summed E-state index contributed by atoms with van der Waals surface area (Å²) in [6, 6.07) is 15.8. The summed E-state index contributed by atoms with van der Waals surface area (Å²) in [4.78, 5) is 33.0. The first-order chi connectivity index (χ1) is 16.9. The molecule has 0 unspecified atom stereocenters. The van der Waals surface area contributed by atoms with Gasteiger partial charge in [0.15, 0.2) is 0 Å². The molecule has 0 aliphatic heterocycles. The van der Waals surface area contributed by atoms with Gasteiger partial charge in [-0.2, -0.15) is 0 Å². The number of rotatable bonds is 7. The Balaban J connectivity index is 1.80. The van der Waals surface area contributed by atoms with E-state index in [2.05, 4.69) is 11.4 Å². The van der Waals surface area contributed by atoms with Gasteiger partial charge in [-0.05, 0) is 81.0 Å². The SMILES string of the molecule is CCN(CC(=O)NC(C)C)C(=O)c1c2c(nc3ccccc13)/C(=C\c1ccc(OC)cc1)CCC2. The molecule has 6 nitrogen and oxygen atoms in total. The molecule has 0 bridgehead atoms. The fourth-order valence-electron chi connectivity index (χ4n) is 4.65. The number of carbonyl (C=O) groups excluding carboxylic acids is 2. The number of carbonyl (C=O) groups is 2.